The number of hydrogen-bond donors (Lipinski definition) is 2. The molecule has 5 rings (SSSR count). The second-order valence-corrected chi connectivity index (χ2v) is 11.0. The molecule has 0 bridgehead atoms. The number of nitrogens with one attached hydrogen (secondary N) is 1. The molecule has 38 heavy (non-hydrogen) atoms. The molecule has 3 aromatic rings. The highest BCUT2D eigenvalue weighted by atomic mass is 19.1. The third-order valence-electron chi connectivity index (χ3n) is 6.87. The number of halogens is 1. The number of imidazole rings is 1. The van der Waals surface area contributed by atoms with Crippen molar-refractivity contribution in [2.75, 3.05) is 43.1 Å². The van der Waals surface area contributed by atoms with E-state index in [4.69, 9.17) is 24.3 Å². The Morgan fingerprint density at radius 2 is 2.00 bits per heavy atom. The van der Waals surface area contributed by atoms with Crippen molar-refractivity contribution in [3.63, 3.8) is 0 Å². The van der Waals surface area contributed by atoms with Crippen molar-refractivity contribution in [3.05, 3.63) is 52.6 Å². The van der Waals surface area contributed by atoms with E-state index in [2.05, 4.69) is 31.0 Å². The molecular weight excluding hydrogens is 489 g/mol. The van der Waals surface area contributed by atoms with E-state index in [-0.39, 0.29) is 30.9 Å². The zero-order chi connectivity index (χ0) is 26.7. The Balaban J connectivity index is 1.54. The molecule has 2 aliphatic heterocycles. The quantitative estimate of drug-likeness (QED) is 0.454. The number of morpholine rings is 1. The molecule has 2 aliphatic rings. The lowest BCUT2D eigenvalue weighted by Gasteiger charge is -2.29. The largest absolute Gasteiger partial charge is 0.390 e. The Bertz CT molecular complexity index is 1250. The van der Waals surface area contributed by atoms with Crippen LogP contribution in [0.25, 0.3) is 5.65 Å². The van der Waals surface area contributed by atoms with Crippen LogP contribution >= 0.6 is 0 Å². The highest BCUT2D eigenvalue weighted by Crippen LogP contribution is 2.29. The van der Waals surface area contributed by atoms with Gasteiger partial charge < -0.3 is 29.5 Å². The van der Waals surface area contributed by atoms with Crippen LogP contribution in [0.15, 0.2) is 24.3 Å². The molecule has 2 N–H and O–H groups in total. The molecule has 206 valence electrons. The molecule has 1 aromatic carbocycles. The van der Waals surface area contributed by atoms with Crippen LogP contribution in [0.2, 0.25) is 0 Å². The van der Waals surface area contributed by atoms with E-state index in [9.17, 15) is 5.11 Å². The van der Waals surface area contributed by atoms with Crippen molar-refractivity contribution in [2.45, 2.75) is 71.5 Å². The predicted octanol–water partition coefficient (Wildman–Crippen LogP) is 4.04. The summed E-state index contributed by atoms with van der Waals surface area (Å²) in [6.07, 6.45) is 2.90. The summed E-state index contributed by atoms with van der Waals surface area (Å²) in [7, 11) is 0. The predicted molar refractivity (Wildman–Crippen MR) is 143 cm³/mol. The zero-order valence-corrected chi connectivity index (χ0v) is 22.5. The smallest absolute Gasteiger partial charge is 0.177 e. The minimum absolute atomic E-state index is 0.112. The van der Waals surface area contributed by atoms with Gasteiger partial charge in [0.2, 0.25) is 0 Å². The molecule has 1 unspecified atom stereocenters. The monoisotopic (exact) mass is 527 g/mol. The molecule has 0 amide bonds. The molecule has 0 spiro atoms. The molecule has 9 nitrogen and oxygen atoms in total. The topological polar surface area (TPSA) is 93.4 Å². The number of anilines is 2. The van der Waals surface area contributed by atoms with Gasteiger partial charge in [-0.05, 0) is 51.7 Å². The summed E-state index contributed by atoms with van der Waals surface area (Å²) in [6, 6.07) is 7.05. The maximum atomic E-state index is 15.0. The summed E-state index contributed by atoms with van der Waals surface area (Å²) < 4.78 is 34.0. The van der Waals surface area contributed by atoms with Crippen molar-refractivity contribution in [1.82, 2.24) is 14.6 Å². The Labute approximate surface area is 222 Å². The van der Waals surface area contributed by atoms with Gasteiger partial charge in [-0.15, -0.1) is 5.10 Å². The van der Waals surface area contributed by atoms with Crippen molar-refractivity contribution >= 4 is 17.2 Å². The average Bonchev–Trinajstić information content (AvgIpc) is 3.26. The number of aliphatic hydroxyl groups excluding tert-OH is 1. The SMILES string of the molecule is CC(C)(C)Nc1cc(N2CCOCC2)nn2c(Cc3cccc(F)c3COC3CCCCO3)c(CO)nc12. The van der Waals surface area contributed by atoms with Crippen LogP contribution in [0, 0.1) is 5.82 Å². The molecule has 0 saturated carbocycles. The lowest BCUT2D eigenvalue weighted by molar-refractivity contribution is -0.169. The van der Waals surface area contributed by atoms with Gasteiger partial charge >= 0.3 is 0 Å². The van der Waals surface area contributed by atoms with Gasteiger partial charge in [-0.2, -0.15) is 0 Å². The number of rotatable bonds is 8. The minimum Gasteiger partial charge on any atom is -0.390 e. The summed E-state index contributed by atoms with van der Waals surface area (Å²) in [5.74, 6) is 0.475. The third kappa shape index (κ3) is 6.09. The zero-order valence-electron chi connectivity index (χ0n) is 22.5. The first kappa shape index (κ1) is 26.8. The molecule has 0 aliphatic carbocycles. The van der Waals surface area contributed by atoms with E-state index < -0.39 is 0 Å². The lowest BCUT2D eigenvalue weighted by Crippen LogP contribution is -2.37. The van der Waals surface area contributed by atoms with Crippen LogP contribution in [-0.4, -0.2) is 64.4 Å². The number of hydrogen-bond acceptors (Lipinski definition) is 8. The molecule has 2 aromatic heterocycles. The van der Waals surface area contributed by atoms with Crippen LogP contribution < -0.4 is 10.2 Å². The normalized spacial score (nSPS) is 18.8. The van der Waals surface area contributed by atoms with E-state index in [1.54, 1.807) is 10.6 Å². The van der Waals surface area contributed by atoms with E-state index in [1.807, 2.05) is 12.1 Å². The summed E-state index contributed by atoms with van der Waals surface area (Å²) >= 11 is 0. The summed E-state index contributed by atoms with van der Waals surface area (Å²) in [6.45, 7) is 9.53. The van der Waals surface area contributed by atoms with Gasteiger partial charge in [-0.3, -0.25) is 0 Å². The lowest BCUT2D eigenvalue weighted by atomic mass is 10.0. The Morgan fingerprint density at radius 3 is 2.71 bits per heavy atom. The molecule has 0 radical (unpaired) electrons. The molecule has 1 atom stereocenters. The molecular formula is C28H38FN5O4. The van der Waals surface area contributed by atoms with Gasteiger partial charge in [0.1, 0.15) is 5.82 Å². The molecule has 2 fully saturated rings. The van der Waals surface area contributed by atoms with E-state index in [0.29, 0.717) is 43.1 Å². The number of benzene rings is 1. The maximum absolute atomic E-state index is 15.0. The second-order valence-electron chi connectivity index (χ2n) is 11.0. The van der Waals surface area contributed by atoms with Gasteiger partial charge in [0.15, 0.2) is 17.8 Å². The summed E-state index contributed by atoms with van der Waals surface area (Å²) in [5.41, 5.74) is 3.71. The van der Waals surface area contributed by atoms with Crippen molar-refractivity contribution < 1.29 is 23.7 Å². The van der Waals surface area contributed by atoms with Crippen LogP contribution in [0.5, 0.6) is 0 Å². The molecule has 4 heterocycles. The van der Waals surface area contributed by atoms with Crippen LogP contribution in [0.1, 0.15) is 62.5 Å². The second kappa shape index (κ2) is 11.5. The van der Waals surface area contributed by atoms with E-state index in [1.165, 1.54) is 6.07 Å². The molecule has 2 saturated heterocycles. The first-order chi connectivity index (χ1) is 18.3. The maximum Gasteiger partial charge on any atom is 0.177 e. The Kier molecular flexibility index (Phi) is 8.13. The number of fused-ring (bicyclic) bond motifs is 1. The van der Waals surface area contributed by atoms with Gasteiger partial charge in [0, 0.05) is 43.3 Å². The Hall–Kier alpha value is -2.79. The van der Waals surface area contributed by atoms with Gasteiger partial charge in [0.25, 0.3) is 0 Å². The van der Waals surface area contributed by atoms with Gasteiger partial charge in [-0.25, -0.2) is 13.9 Å². The minimum atomic E-state index is -0.324. The number of ether oxygens (including phenoxy) is 3. The van der Waals surface area contributed by atoms with Crippen LogP contribution in [0.3, 0.4) is 0 Å². The fourth-order valence-corrected chi connectivity index (χ4v) is 4.97. The van der Waals surface area contributed by atoms with Crippen molar-refractivity contribution in [1.29, 1.82) is 0 Å². The Morgan fingerprint density at radius 1 is 1.18 bits per heavy atom. The highest BCUT2D eigenvalue weighted by Gasteiger charge is 2.24. The number of aliphatic hydroxyl groups is 1. The third-order valence-corrected chi connectivity index (χ3v) is 6.87. The van der Waals surface area contributed by atoms with Gasteiger partial charge in [-0.1, -0.05) is 12.1 Å². The first-order valence-electron chi connectivity index (χ1n) is 13.4. The molecule has 10 heteroatoms. The van der Waals surface area contributed by atoms with Crippen molar-refractivity contribution in [3.8, 4) is 0 Å². The summed E-state index contributed by atoms with van der Waals surface area (Å²) in [4.78, 5) is 6.95. The average molecular weight is 528 g/mol. The summed E-state index contributed by atoms with van der Waals surface area (Å²) in [5, 5.41) is 18.8. The number of aromatic nitrogens is 3. The van der Waals surface area contributed by atoms with Crippen LogP contribution in [-0.2, 0) is 33.8 Å². The standard InChI is InChI=1S/C28H38FN5O4/c1-28(2,3)31-22-16-25(33-10-13-36-14-11-33)32-34-24(23(17-35)30-27(22)34)15-19-7-6-8-21(29)20(19)18-38-26-9-4-5-12-37-26/h6-8,16,26,31,35H,4-5,9-15,17-18H2,1-3H3. The van der Waals surface area contributed by atoms with Gasteiger partial charge in [0.05, 0.1) is 43.5 Å². The first-order valence-corrected chi connectivity index (χ1v) is 13.4. The van der Waals surface area contributed by atoms with E-state index >= 15 is 4.39 Å². The van der Waals surface area contributed by atoms with E-state index in [0.717, 1.165) is 55.1 Å². The number of nitrogens with zero attached hydrogens (tertiary/aromatic N) is 4. The highest BCUT2D eigenvalue weighted by molar-refractivity contribution is 5.72. The van der Waals surface area contributed by atoms with Crippen molar-refractivity contribution in [2.24, 2.45) is 0 Å². The van der Waals surface area contributed by atoms with Crippen LogP contribution in [0.4, 0.5) is 15.9 Å². The fraction of sp³-hybridized carbons (Fsp3) is 0.571. The fourth-order valence-electron chi connectivity index (χ4n) is 4.97.